The van der Waals surface area contributed by atoms with E-state index in [0.717, 1.165) is 16.7 Å². The average molecular weight is 456 g/mol. The summed E-state index contributed by atoms with van der Waals surface area (Å²) < 4.78 is 28.6. The fourth-order valence-electron chi connectivity index (χ4n) is 3.13. The zero-order chi connectivity index (χ0) is 22.8. The molecule has 0 fully saturated rings. The third-order valence-corrected chi connectivity index (χ3v) is 6.15. The van der Waals surface area contributed by atoms with E-state index in [1.54, 1.807) is 4.68 Å². The normalized spacial score (nSPS) is 12.4. The van der Waals surface area contributed by atoms with Crippen LogP contribution in [0.2, 0.25) is 0 Å². The number of rotatable bonds is 12. The van der Waals surface area contributed by atoms with Gasteiger partial charge >= 0.3 is 7.82 Å². The second-order valence-corrected chi connectivity index (χ2v) is 8.66. The predicted molar refractivity (Wildman–Crippen MR) is 117 cm³/mol. The smallest absolute Gasteiger partial charge is 0.290 e. The van der Waals surface area contributed by atoms with Crippen LogP contribution in [0.1, 0.15) is 23.9 Å². The van der Waals surface area contributed by atoms with Gasteiger partial charge < -0.3 is 0 Å². The van der Waals surface area contributed by atoms with Crippen molar-refractivity contribution in [3.05, 3.63) is 66.0 Å². The third-order valence-electron chi connectivity index (χ3n) is 4.81. The summed E-state index contributed by atoms with van der Waals surface area (Å²) in [7, 11) is -1.13. The maximum Gasteiger partial charge on any atom is 0.475 e. The first-order chi connectivity index (χ1) is 15.6. The van der Waals surface area contributed by atoms with Crippen LogP contribution in [0.15, 0.2) is 54.6 Å². The molecule has 168 valence electrons. The van der Waals surface area contributed by atoms with E-state index in [2.05, 4.69) is 51.2 Å². The molecule has 3 aromatic rings. The molecule has 0 saturated carbocycles. The van der Waals surface area contributed by atoms with Crippen LogP contribution in [-0.2, 0) is 31.1 Å². The Morgan fingerprint density at radius 2 is 1.78 bits per heavy atom. The third kappa shape index (κ3) is 6.29. The molecule has 0 unspecified atom stereocenters. The van der Waals surface area contributed by atoms with Gasteiger partial charge in [0.1, 0.15) is 6.73 Å². The lowest BCUT2D eigenvalue weighted by atomic mass is 10.0. The summed E-state index contributed by atoms with van der Waals surface area (Å²) >= 11 is 0. The SMILES string of the molecule is COP(=O)(OC)OCN[C@@H](Cc1ccc(-c2ccccc2)cc1)c1nnnn1CCC#N. The van der Waals surface area contributed by atoms with E-state index in [-0.39, 0.29) is 19.2 Å². The second-order valence-electron chi connectivity index (χ2n) is 6.78. The van der Waals surface area contributed by atoms with E-state index in [0.29, 0.717) is 18.8 Å². The quantitative estimate of drug-likeness (QED) is 0.322. The molecule has 0 aliphatic rings. The number of hydrogen-bond acceptors (Lipinski definition) is 9. The Bertz CT molecular complexity index is 1060. The summed E-state index contributed by atoms with van der Waals surface area (Å²) in [6.07, 6.45) is 0.811. The van der Waals surface area contributed by atoms with Crippen molar-refractivity contribution >= 4 is 7.82 Å². The zero-order valence-corrected chi connectivity index (χ0v) is 18.8. The summed E-state index contributed by atoms with van der Waals surface area (Å²) in [6, 6.07) is 20.0. The van der Waals surface area contributed by atoms with Gasteiger partial charge in [0.05, 0.1) is 25.1 Å². The first-order valence-corrected chi connectivity index (χ1v) is 11.4. The summed E-state index contributed by atoms with van der Waals surface area (Å²) in [6.45, 7) is 0.246. The van der Waals surface area contributed by atoms with Crippen LogP contribution >= 0.6 is 7.82 Å². The van der Waals surface area contributed by atoms with Gasteiger partial charge in [-0.15, -0.1) is 5.10 Å². The van der Waals surface area contributed by atoms with Gasteiger partial charge in [0.2, 0.25) is 0 Å². The molecule has 1 N–H and O–H groups in total. The van der Waals surface area contributed by atoms with Gasteiger partial charge in [0, 0.05) is 14.2 Å². The number of phosphoric ester groups is 1. The number of aromatic nitrogens is 4. The van der Waals surface area contributed by atoms with Crippen molar-refractivity contribution in [2.24, 2.45) is 0 Å². The van der Waals surface area contributed by atoms with Crippen LogP contribution in [-0.4, -0.2) is 41.2 Å². The van der Waals surface area contributed by atoms with Crippen LogP contribution in [0.3, 0.4) is 0 Å². The predicted octanol–water partition coefficient (Wildman–Crippen LogP) is 3.50. The molecule has 0 aliphatic heterocycles. The molecule has 10 nitrogen and oxygen atoms in total. The van der Waals surface area contributed by atoms with Gasteiger partial charge in [-0.2, -0.15) is 5.26 Å². The molecule has 32 heavy (non-hydrogen) atoms. The minimum Gasteiger partial charge on any atom is -0.290 e. The maximum atomic E-state index is 12.2. The van der Waals surface area contributed by atoms with E-state index in [9.17, 15) is 4.57 Å². The second kappa shape index (κ2) is 11.6. The van der Waals surface area contributed by atoms with Crippen LogP contribution in [0.4, 0.5) is 0 Å². The molecule has 1 atom stereocenters. The number of benzene rings is 2. The van der Waals surface area contributed by atoms with Crippen molar-refractivity contribution in [3.8, 4) is 17.2 Å². The molecule has 0 aliphatic carbocycles. The molecule has 3 rings (SSSR count). The lowest BCUT2D eigenvalue weighted by molar-refractivity contribution is 0.136. The van der Waals surface area contributed by atoms with E-state index >= 15 is 0 Å². The molecule has 1 heterocycles. The summed E-state index contributed by atoms with van der Waals surface area (Å²) in [5.74, 6) is 0.542. The topological polar surface area (TPSA) is 124 Å². The summed E-state index contributed by atoms with van der Waals surface area (Å²) in [4.78, 5) is 0. The van der Waals surface area contributed by atoms with Crippen molar-refractivity contribution in [1.29, 1.82) is 5.26 Å². The van der Waals surface area contributed by atoms with E-state index in [1.807, 2.05) is 30.3 Å². The van der Waals surface area contributed by atoms with Gasteiger partial charge in [-0.25, -0.2) is 9.25 Å². The number of tetrazole rings is 1. The first kappa shape index (κ1) is 23.7. The molecule has 0 bridgehead atoms. The van der Waals surface area contributed by atoms with Gasteiger partial charge in [-0.3, -0.25) is 18.9 Å². The van der Waals surface area contributed by atoms with Crippen molar-refractivity contribution in [3.63, 3.8) is 0 Å². The van der Waals surface area contributed by atoms with Crippen LogP contribution in [0, 0.1) is 11.3 Å². The zero-order valence-electron chi connectivity index (χ0n) is 17.9. The van der Waals surface area contributed by atoms with Gasteiger partial charge in [0.25, 0.3) is 0 Å². The lowest BCUT2D eigenvalue weighted by Crippen LogP contribution is -2.28. The Balaban J connectivity index is 1.77. The standard InChI is InChI=1S/C21H25N6O4P/c1-29-32(28,30-2)31-16-23-20(21-24-25-26-27(21)14-6-13-22)15-17-9-11-19(12-10-17)18-7-4-3-5-8-18/h3-5,7-12,20,23H,6,14-16H2,1-2H3/t20-/m0/s1. The maximum absolute atomic E-state index is 12.2. The number of hydrogen-bond donors (Lipinski definition) is 1. The fourth-order valence-corrected chi connectivity index (χ4v) is 3.72. The molecular weight excluding hydrogens is 431 g/mol. The monoisotopic (exact) mass is 456 g/mol. The molecule has 0 radical (unpaired) electrons. The number of phosphoric acid groups is 1. The van der Waals surface area contributed by atoms with Crippen molar-refractivity contribution in [2.75, 3.05) is 21.0 Å². The lowest BCUT2D eigenvalue weighted by Gasteiger charge is -2.20. The number of aryl methyl sites for hydroxylation is 1. The van der Waals surface area contributed by atoms with Crippen LogP contribution < -0.4 is 5.32 Å². The van der Waals surface area contributed by atoms with Gasteiger partial charge in [-0.1, -0.05) is 54.6 Å². The Morgan fingerprint density at radius 1 is 1.09 bits per heavy atom. The van der Waals surface area contributed by atoms with Crippen LogP contribution in [0.5, 0.6) is 0 Å². The van der Waals surface area contributed by atoms with Crippen molar-refractivity contribution in [2.45, 2.75) is 25.4 Å². The minimum atomic E-state index is -3.63. The van der Waals surface area contributed by atoms with Crippen molar-refractivity contribution < 1.29 is 18.1 Å². The highest BCUT2D eigenvalue weighted by atomic mass is 31.2. The summed E-state index contributed by atoms with van der Waals surface area (Å²) in [5.41, 5.74) is 3.29. The Labute approximate surface area is 186 Å². The molecule has 2 aromatic carbocycles. The highest BCUT2D eigenvalue weighted by Crippen LogP contribution is 2.47. The van der Waals surface area contributed by atoms with E-state index < -0.39 is 7.82 Å². The Morgan fingerprint density at radius 3 is 2.44 bits per heavy atom. The highest BCUT2D eigenvalue weighted by molar-refractivity contribution is 7.48. The Hall–Kier alpha value is -2.93. The Kier molecular flexibility index (Phi) is 8.62. The number of nitriles is 1. The number of nitrogens with one attached hydrogen (secondary N) is 1. The molecule has 1 aromatic heterocycles. The van der Waals surface area contributed by atoms with E-state index in [1.165, 1.54) is 14.2 Å². The first-order valence-electron chi connectivity index (χ1n) is 9.95. The molecule has 0 amide bonds. The molecular formula is C21H25N6O4P. The largest absolute Gasteiger partial charge is 0.475 e. The van der Waals surface area contributed by atoms with Gasteiger partial charge in [0.15, 0.2) is 5.82 Å². The summed E-state index contributed by atoms with van der Waals surface area (Å²) in [5, 5.41) is 23.9. The van der Waals surface area contributed by atoms with Gasteiger partial charge in [-0.05, 0) is 33.5 Å². The van der Waals surface area contributed by atoms with E-state index in [4.69, 9.17) is 18.8 Å². The molecule has 0 saturated heterocycles. The average Bonchev–Trinajstić information content (AvgIpc) is 3.31. The van der Waals surface area contributed by atoms with Crippen LogP contribution in [0.25, 0.3) is 11.1 Å². The number of nitrogens with zero attached hydrogens (tertiary/aromatic N) is 5. The van der Waals surface area contributed by atoms with Crippen molar-refractivity contribution in [1.82, 2.24) is 25.5 Å². The molecule has 11 heteroatoms. The minimum absolute atomic E-state index is 0.114. The highest BCUT2D eigenvalue weighted by Gasteiger charge is 2.25. The molecule has 0 spiro atoms. The fraction of sp³-hybridized carbons (Fsp3) is 0.333.